The fourth-order valence-corrected chi connectivity index (χ4v) is 3.30. The van der Waals surface area contributed by atoms with Crippen LogP contribution in [-0.2, 0) is 0 Å². The average Bonchev–Trinajstić information content (AvgIpc) is 2.66. The maximum Gasteiger partial charge on any atom is 0.408 e. The summed E-state index contributed by atoms with van der Waals surface area (Å²) >= 11 is 1.31. The lowest BCUT2D eigenvalue weighted by Crippen LogP contribution is -2.23. The van der Waals surface area contributed by atoms with Crippen molar-refractivity contribution in [1.29, 1.82) is 0 Å². The number of pyridine rings is 1. The monoisotopic (exact) mass is 438 g/mol. The van der Waals surface area contributed by atoms with Gasteiger partial charge in [-0.1, -0.05) is 0 Å². The summed E-state index contributed by atoms with van der Waals surface area (Å²) in [7, 11) is 3.03. The molecule has 0 amide bonds. The van der Waals surface area contributed by atoms with Gasteiger partial charge >= 0.3 is 11.4 Å². The number of ether oxygens (including phenoxy) is 2. The highest BCUT2D eigenvalue weighted by Gasteiger charge is 2.23. The lowest BCUT2D eigenvalue weighted by Gasteiger charge is -2.17. The molecule has 10 heteroatoms. The van der Waals surface area contributed by atoms with Gasteiger partial charge in [-0.2, -0.15) is 13.5 Å². The van der Waals surface area contributed by atoms with Gasteiger partial charge in [-0.25, -0.2) is 0 Å². The number of nitrogens with zero attached hydrogens (tertiary/aromatic N) is 2. The van der Waals surface area contributed by atoms with Crippen molar-refractivity contribution in [3.05, 3.63) is 77.2 Å². The summed E-state index contributed by atoms with van der Waals surface area (Å²) in [6, 6.07) is 16.1. The SMILES string of the molecule is CN(Sc1ccc(Oc2ccc(OC(F)(F)P)cc2)cc1)c1cccn(O)c1=O. The first kappa shape index (κ1) is 21.0. The summed E-state index contributed by atoms with van der Waals surface area (Å²) in [5.41, 5.74) is -0.187. The molecule has 1 atom stereocenters. The highest BCUT2D eigenvalue weighted by Crippen LogP contribution is 2.31. The predicted molar refractivity (Wildman–Crippen MR) is 110 cm³/mol. The normalized spacial score (nSPS) is 11.2. The standard InChI is InChI=1S/C19H17F2N2O4PS/c1-22(17-3-2-12-23(25)18(17)24)29-16-10-8-14(9-11-16)26-13-4-6-15(7-5-13)27-19(20,21)28/h2-12,25H,28H2,1H3. The van der Waals surface area contributed by atoms with E-state index >= 15 is 0 Å². The number of rotatable bonds is 7. The molecule has 29 heavy (non-hydrogen) atoms. The van der Waals surface area contributed by atoms with Crippen molar-refractivity contribution in [3.8, 4) is 17.2 Å². The molecule has 3 rings (SSSR count). The lowest BCUT2D eigenvalue weighted by atomic mass is 10.3. The summed E-state index contributed by atoms with van der Waals surface area (Å²) in [6.45, 7) is 0. The largest absolute Gasteiger partial charge is 0.457 e. The van der Waals surface area contributed by atoms with E-state index in [1.54, 1.807) is 35.6 Å². The van der Waals surface area contributed by atoms with Crippen LogP contribution in [0, 0.1) is 0 Å². The zero-order valence-corrected chi connectivity index (χ0v) is 17.1. The van der Waals surface area contributed by atoms with Gasteiger partial charge in [-0.3, -0.25) is 4.79 Å². The van der Waals surface area contributed by atoms with Crippen LogP contribution in [0.25, 0.3) is 0 Å². The maximum atomic E-state index is 12.8. The van der Waals surface area contributed by atoms with Crippen LogP contribution in [0.1, 0.15) is 0 Å². The van der Waals surface area contributed by atoms with E-state index in [9.17, 15) is 18.8 Å². The molecule has 0 aliphatic rings. The second kappa shape index (κ2) is 8.71. The van der Waals surface area contributed by atoms with E-state index in [2.05, 4.69) is 4.74 Å². The van der Waals surface area contributed by atoms with Crippen molar-refractivity contribution in [3.63, 3.8) is 0 Å². The zero-order chi connectivity index (χ0) is 21.0. The van der Waals surface area contributed by atoms with Gasteiger partial charge in [0.1, 0.15) is 22.9 Å². The number of anilines is 1. The molecule has 1 aromatic heterocycles. The van der Waals surface area contributed by atoms with Crippen molar-refractivity contribution in [2.45, 2.75) is 10.7 Å². The summed E-state index contributed by atoms with van der Waals surface area (Å²) in [6.07, 6.45) is 1.27. The van der Waals surface area contributed by atoms with Crippen LogP contribution < -0.4 is 19.3 Å². The van der Waals surface area contributed by atoms with Crippen molar-refractivity contribution >= 4 is 26.9 Å². The molecule has 2 aromatic carbocycles. The summed E-state index contributed by atoms with van der Waals surface area (Å²) in [4.78, 5) is 12.8. The van der Waals surface area contributed by atoms with Crippen LogP contribution >= 0.6 is 21.2 Å². The van der Waals surface area contributed by atoms with E-state index in [0.717, 1.165) is 4.90 Å². The molecule has 6 nitrogen and oxygen atoms in total. The minimum Gasteiger partial charge on any atom is -0.457 e. The molecule has 0 aliphatic heterocycles. The Morgan fingerprint density at radius 1 is 1.03 bits per heavy atom. The van der Waals surface area contributed by atoms with Crippen LogP contribution in [0.2, 0.25) is 0 Å². The predicted octanol–water partition coefficient (Wildman–Crippen LogP) is 4.83. The molecular weight excluding hydrogens is 421 g/mol. The lowest BCUT2D eigenvalue weighted by molar-refractivity contribution is -0.0892. The number of benzene rings is 2. The number of alkyl halides is 2. The maximum absolute atomic E-state index is 12.8. The summed E-state index contributed by atoms with van der Waals surface area (Å²) in [5.74, 6) is -2.28. The van der Waals surface area contributed by atoms with E-state index in [0.29, 0.717) is 21.9 Å². The first-order valence-electron chi connectivity index (χ1n) is 8.27. The molecule has 0 radical (unpaired) electrons. The van der Waals surface area contributed by atoms with Crippen molar-refractivity contribution in [2.24, 2.45) is 0 Å². The topological polar surface area (TPSA) is 63.9 Å². The van der Waals surface area contributed by atoms with Crippen molar-refractivity contribution in [2.75, 3.05) is 11.4 Å². The van der Waals surface area contributed by atoms with Gasteiger partial charge in [-0.15, -0.1) is 0 Å². The summed E-state index contributed by atoms with van der Waals surface area (Å²) in [5, 5.41) is 9.47. The third-order valence-corrected chi connectivity index (χ3v) is 4.70. The number of hydrogen-bond acceptors (Lipinski definition) is 6. The highest BCUT2D eigenvalue weighted by molar-refractivity contribution is 8.00. The zero-order valence-electron chi connectivity index (χ0n) is 15.2. The van der Waals surface area contributed by atoms with Gasteiger partial charge in [0.2, 0.25) is 0 Å². The third-order valence-electron chi connectivity index (χ3n) is 3.63. The average molecular weight is 438 g/mol. The van der Waals surface area contributed by atoms with Gasteiger partial charge in [0.25, 0.3) is 0 Å². The minimum atomic E-state index is -3.33. The minimum absolute atomic E-state index is 0.0231. The van der Waals surface area contributed by atoms with Crippen LogP contribution in [-0.4, -0.2) is 22.8 Å². The number of hydrogen-bond donors (Lipinski definition) is 1. The van der Waals surface area contributed by atoms with Crippen LogP contribution in [0.15, 0.2) is 76.6 Å². The molecule has 1 heterocycles. The Kier molecular flexibility index (Phi) is 6.30. The number of aromatic nitrogens is 1. The molecule has 0 spiro atoms. The Hall–Kier alpha value is -2.77. The number of halogens is 2. The van der Waals surface area contributed by atoms with Crippen molar-refractivity contribution < 1.29 is 23.5 Å². The Balaban J connectivity index is 1.63. The van der Waals surface area contributed by atoms with E-state index in [1.165, 1.54) is 51.7 Å². The highest BCUT2D eigenvalue weighted by atomic mass is 32.2. The molecule has 3 aromatic rings. The van der Waals surface area contributed by atoms with Crippen LogP contribution in [0.5, 0.6) is 17.2 Å². The first-order valence-corrected chi connectivity index (χ1v) is 9.63. The van der Waals surface area contributed by atoms with Gasteiger partial charge in [0, 0.05) is 18.1 Å². The molecule has 1 N–H and O–H groups in total. The third kappa shape index (κ3) is 5.85. The van der Waals surface area contributed by atoms with E-state index in [4.69, 9.17) is 4.74 Å². The Labute approximate surface area is 172 Å². The molecule has 1 unspecified atom stereocenters. The van der Waals surface area contributed by atoms with Crippen LogP contribution in [0.4, 0.5) is 14.5 Å². The van der Waals surface area contributed by atoms with E-state index in [1.807, 2.05) is 12.1 Å². The van der Waals surface area contributed by atoms with Gasteiger partial charge < -0.3 is 19.0 Å². The molecule has 0 aliphatic carbocycles. The fraction of sp³-hybridized carbons (Fsp3) is 0.105. The van der Waals surface area contributed by atoms with Crippen molar-refractivity contribution in [1.82, 2.24) is 4.73 Å². The molecule has 0 saturated carbocycles. The van der Waals surface area contributed by atoms with E-state index in [-0.39, 0.29) is 5.75 Å². The van der Waals surface area contributed by atoms with Gasteiger partial charge in [0.15, 0.2) is 0 Å². The molecule has 152 valence electrons. The van der Waals surface area contributed by atoms with E-state index < -0.39 is 11.4 Å². The van der Waals surface area contributed by atoms with Gasteiger partial charge in [0.05, 0.1) is 0 Å². The Morgan fingerprint density at radius 2 is 1.59 bits per heavy atom. The Bertz CT molecular complexity index is 1020. The van der Waals surface area contributed by atoms with Crippen LogP contribution in [0.3, 0.4) is 0 Å². The molecule has 0 saturated heterocycles. The van der Waals surface area contributed by atoms with Gasteiger partial charge in [-0.05, 0) is 81.9 Å². The molecule has 0 fully saturated rings. The quantitative estimate of drug-likeness (QED) is 0.324. The fourth-order valence-electron chi connectivity index (χ4n) is 2.36. The summed E-state index contributed by atoms with van der Waals surface area (Å²) < 4.78 is 37.9. The molecular formula is C19H17F2N2O4PS. The first-order chi connectivity index (χ1) is 13.7. The second-order valence-corrected chi connectivity index (χ2v) is 7.71. The smallest absolute Gasteiger partial charge is 0.408 e. The Morgan fingerprint density at radius 3 is 2.17 bits per heavy atom. The second-order valence-electron chi connectivity index (χ2n) is 5.84. The molecule has 0 bridgehead atoms.